The summed E-state index contributed by atoms with van der Waals surface area (Å²) in [6.07, 6.45) is 3.12. The number of nitrogens with one attached hydrogen (secondary N) is 1. The first-order valence-corrected chi connectivity index (χ1v) is 12.6. The van der Waals surface area contributed by atoms with Crippen LogP contribution in [-0.2, 0) is 21.7 Å². The van der Waals surface area contributed by atoms with E-state index in [1.807, 2.05) is 62.4 Å². The minimum atomic E-state index is -0.983. The van der Waals surface area contributed by atoms with Gasteiger partial charge in [-0.1, -0.05) is 42.0 Å². The molecule has 0 aliphatic carbocycles. The fourth-order valence-corrected chi connectivity index (χ4v) is 4.60. The standard InChI is InChI=1S/C29H31N5O4/c1-18-7-13-23(14-8-18)30-24(35)16-33-19(2)25(21-6-5-15-38-17-21)27(36)34-28(33)31-26(32-34)20-9-11-22(12-10-20)29(3,4)37/h7-14,17,37H,5-6,15-16H2,1-4H3,(H,30,35). The normalized spacial score (nSPS) is 13.8. The second kappa shape index (κ2) is 9.90. The van der Waals surface area contributed by atoms with Gasteiger partial charge >= 0.3 is 0 Å². The minimum Gasteiger partial charge on any atom is -0.501 e. The van der Waals surface area contributed by atoms with Crippen molar-refractivity contribution in [2.45, 2.75) is 52.7 Å². The van der Waals surface area contributed by atoms with Gasteiger partial charge in [-0.3, -0.25) is 9.59 Å². The van der Waals surface area contributed by atoms with Crippen molar-refractivity contribution in [3.63, 3.8) is 0 Å². The molecule has 9 heteroatoms. The smallest absolute Gasteiger partial charge is 0.283 e. The molecule has 9 nitrogen and oxygen atoms in total. The van der Waals surface area contributed by atoms with Crippen LogP contribution in [0.2, 0.25) is 0 Å². The van der Waals surface area contributed by atoms with Crippen LogP contribution in [0, 0.1) is 13.8 Å². The number of aliphatic hydroxyl groups is 1. The molecular formula is C29H31N5O4. The highest BCUT2D eigenvalue weighted by atomic mass is 16.5. The Kier molecular flexibility index (Phi) is 6.62. The van der Waals surface area contributed by atoms with Gasteiger partial charge in [0.1, 0.15) is 6.54 Å². The van der Waals surface area contributed by atoms with Crippen LogP contribution in [0.3, 0.4) is 0 Å². The summed E-state index contributed by atoms with van der Waals surface area (Å²) < 4.78 is 8.51. The molecule has 1 aliphatic heterocycles. The molecule has 0 unspecified atom stereocenters. The van der Waals surface area contributed by atoms with Crippen molar-refractivity contribution in [2.75, 3.05) is 11.9 Å². The maximum atomic E-state index is 13.7. The van der Waals surface area contributed by atoms with E-state index in [1.54, 1.807) is 24.7 Å². The Morgan fingerprint density at radius 2 is 1.82 bits per heavy atom. The molecule has 3 heterocycles. The lowest BCUT2D eigenvalue weighted by atomic mass is 9.97. The van der Waals surface area contributed by atoms with Gasteiger partial charge in [0, 0.05) is 22.5 Å². The third-order valence-corrected chi connectivity index (χ3v) is 6.75. The summed E-state index contributed by atoms with van der Waals surface area (Å²) in [5.74, 6) is 0.373. The van der Waals surface area contributed by atoms with E-state index in [0.717, 1.165) is 23.1 Å². The summed E-state index contributed by atoms with van der Waals surface area (Å²) in [6.45, 7) is 7.78. The molecule has 0 saturated carbocycles. The lowest BCUT2D eigenvalue weighted by Crippen LogP contribution is -2.29. The van der Waals surface area contributed by atoms with Crippen molar-refractivity contribution in [3.8, 4) is 11.4 Å². The predicted molar refractivity (Wildman–Crippen MR) is 146 cm³/mol. The Labute approximate surface area is 220 Å². The molecule has 0 bridgehead atoms. The molecule has 2 aromatic heterocycles. The first kappa shape index (κ1) is 25.4. The van der Waals surface area contributed by atoms with Crippen LogP contribution < -0.4 is 10.9 Å². The third kappa shape index (κ3) is 4.97. The van der Waals surface area contributed by atoms with Crippen molar-refractivity contribution < 1.29 is 14.6 Å². The maximum absolute atomic E-state index is 13.7. The van der Waals surface area contributed by atoms with Gasteiger partial charge in [-0.25, -0.2) is 0 Å². The summed E-state index contributed by atoms with van der Waals surface area (Å²) in [6, 6.07) is 14.8. The molecule has 2 N–H and O–H groups in total. The van der Waals surface area contributed by atoms with Crippen LogP contribution in [0.25, 0.3) is 22.7 Å². The van der Waals surface area contributed by atoms with Crippen LogP contribution in [0.1, 0.15) is 49.1 Å². The fourth-order valence-electron chi connectivity index (χ4n) is 4.60. The van der Waals surface area contributed by atoms with Gasteiger partial charge in [-0.15, -0.1) is 5.10 Å². The monoisotopic (exact) mass is 513 g/mol. The molecule has 0 radical (unpaired) electrons. The number of hydrogen-bond acceptors (Lipinski definition) is 6. The molecule has 0 fully saturated rings. The molecule has 1 aliphatic rings. The predicted octanol–water partition coefficient (Wildman–Crippen LogP) is 4.19. The van der Waals surface area contributed by atoms with Gasteiger partial charge < -0.3 is 19.7 Å². The number of benzene rings is 2. The summed E-state index contributed by atoms with van der Waals surface area (Å²) in [5.41, 5.74) is 3.80. The van der Waals surface area contributed by atoms with Crippen LogP contribution in [0.4, 0.5) is 5.69 Å². The minimum absolute atomic E-state index is 0.0552. The van der Waals surface area contributed by atoms with Crippen LogP contribution >= 0.6 is 0 Å². The topological polar surface area (TPSA) is 111 Å². The van der Waals surface area contributed by atoms with E-state index in [9.17, 15) is 14.7 Å². The Bertz CT molecular complexity index is 1590. The molecule has 196 valence electrons. The molecule has 4 aromatic rings. The van der Waals surface area contributed by atoms with Crippen LogP contribution in [0.15, 0.2) is 59.6 Å². The number of fused-ring (bicyclic) bond motifs is 1. The number of aromatic nitrogens is 4. The molecule has 5 rings (SSSR count). The van der Waals surface area contributed by atoms with E-state index in [2.05, 4.69) is 15.4 Å². The van der Waals surface area contributed by atoms with E-state index >= 15 is 0 Å². The number of ether oxygens (including phenoxy) is 1. The number of nitrogens with zero attached hydrogens (tertiary/aromatic N) is 4. The van der Waals surface area contributed by atoms with Crippen LogP contribution in [0.5, 0.6) is 0 Å². The van der Waals surface area contributed by atoms with Gasteiger partial charge in [-0.2, -0.15) is 9.50 Å². The lowest BCUT2D eigenvalue weighted by Gasteiger charge is -2.19. The summed E-state index contributed by atoms with van der Waals surface area (Å²) in [7, 11) is 0. The third-order valence-electron chi connectivity index (χ3n) is 6.75. The first-order chi connectivity index (χ1) is 18.1. The molecule has 38 heavy (non-hydrogen) atoms. The lowest BCUT2D eigenvalue weighted by molar-refractivity contribution is -0.116. The van der Waals surface area contributed by atoms with Crippen molar-refractivity contribution in [3.05, 3.63) is 87.5 Å². The number of carbonyl (C=O) groups excluding carboxylic acids is 1. The highest BCUT2D eigenvalue weighted by Gasteiger charge is 2.24. The average molecular weight is 514 g/mol. The van der Waals surface area contributed by atoms with Gasteiger partial charge in [-0.05, 0) is 58.2 Å². The molecule has 1 amide bonds. The molecule has 0 atom stereocenters. The Hall–Kier alpha value is -4.24. The quantitative estimate of drug-likeness (QED) is 0.400. The second-order valence-corrected chi connectivity index (χ2v) is 10.2. The van der Waals surface area contributed by atoms with E-state index < -0.39 is 5.60 Å². The van der Waals surface area contributed by atoms with Crippen molar-refractivity contribution in [1.29, 1.82) is 0 Å². The van der Waals surface area contributed by atoms with E-state index in [1.165, 1.54) is 4.52 Å². The van der Waals surface area contributed by atoms with Gasteiger partial charge in [0.2, 0.25) is 11.7 Å². The summed E-state index contributed by atoms with van der Waals surface area (Å²) >= 11 is 0. The van der Waals surface area contributed by atoms with E-state index in [4.69, 9.17) is 4.74 Å². The summed E-state index contributed by atoms with van der Waals surface area (Å²) in [5, 5.41) is 17.8. The van der Waals surface area contributed by atoms with Gasteiger partial charge in [0.25, 0.3) is 5.56 Å². The SMILES string of the molecule is Cc1ccc(NC(=O)Cn2c(C)c(C3=COCCC3)c(=O)n3nc(-c4ccc(C(C)(C)O)cc4)nc23)cc1. The Morgan fingerprint density at radius 3 is 2.45 bits per heavy atom. The zero-order valence-electron chi connectivity index (χ0n) is 22.0. The molecule has 0 spiro atoms. The number of rotatable bonds is 6. The number of carbonyl (C=O) groups is 1. The number of aryl methyl sites for hydroxylation is 1. The summed E-state index contributed by atoms with van der Waals surface area (Å²) in [4.78, 5) is 31.4. The highest BCUT2D eigenvalue weighted by molar-refractivity contribution is 5.91. The van der Waals surface area contributed by atoms with Gasteiger partial charge in [0.15, 0.2) is 5.82 Å². The van der Waals surface area contributed by atoms with E-state index in [0.29, 0.717) is 41.4 Å². The molecular weight excluding hydrogens is 482 g/mol. The number of anilines is 1. The molecule has 2 aromatic carbocycles. The van der Waals surface area contributed by atoms with Crippen molar-refractivity contribution in [2.24, 2.45) is 0 Å². The van der Waals surface area contributed by atoms with Crippen LogP contribution in [-0.4, -0.2) is 36.8 Å². The molecule has 0 saturated heterocycles. The van der Waals surface area contributed by atoms with E-state index in [-0.39, 0.29) is 23.8 Å². The number of allylic oxidation sites excluding steroid dienone is 1. The Balaban J connectivity index is 1.60. The Morgan fingerprint density at radius 1 is 1.11 bits per heavy atom. The first-order valence-electron chi connectivity index (χ1n) is 12.6. The number of hydrogen-bond donors (Lipinski definition) is 2. The zero-order chi connectivity index (χ0) is 27.0. The van der Waals surface area contributed by atoms with Gasteiger partial charge in [0.05, 0.1) is 24.0 Å². The average Bonchev–Trinajstić information content (AvgIpc) is 3.34. The second-order valence-electron chi connectivity index (χ2n) is 10.2. The largest absolute Gasteiger partial charge is 0.501 e. The van der Waals surface area contributed by atoms with Crippen molar-refractivity contribution >= 4 is 22.9 Å². The maximum Gasteiger partial charge on any atom is 0.283 e. The fraction of sp³-hybridized carbons (Fsp3) is 0.310. The highest BCUT2D eigenvalue weighted by Crippen LogP contribution is 2.27. The number of amides is 1. The van der Waals surface area contributed by atoms with Crippen molar-refractivity contribution in [1.82, 2.24) is 19.2 Å². The zero-order valence-corrected chi connectivity index (χ0v) is 22.0.